The third-order valence-electron chi connectivity index (χ3n) is 5.03. The van der Waals surface area contributed by atoms with Gasteiger partial charge in [-0.3, -0.25) is 4.79 Å². The average Bonchev–Trinajstić information content (AvgIpc) is 3.17. The molecule has 0 unspecified atom stereocenters. The maximum Gasteiger partial charge on any atom is 0.253 e. The van der Waals surface area contributed by atoms with E-state index in [1.807, 2.05) is 4.90 Å². The van der Waals surface area contributed by atoms with E-state index in [0.717, 1.165) is 23.7 Å². The van der Waals surface area contributed by atoms with Crippen LogP contribution in [0, 0.1) is 25.2 Å². The number of fused-ring (bicyclic) bond motifs is 1. The summed E-state index contributed by atoms with van der Waals surface area (Å²) in [4.78, 5) is 21.7. The van der Waals surface area contributed by atoms with Crippen molar-refractivity contribution in [1.82, 2.24) is 9.88 Å². The van der Waals surface area contributed by atoms with Crippen LogP contribution in [-0.4, -0.2) is 42.0 Å². The van der Waals surface area contributed by atoms with Gasteiger partial charge < -0.3 is 9.80 Å². The number of benzene rings is 2. The molecule has 1 aromatic heterocycles. The van der Waals surface area contributed by atoms with Gasteiger partial charge in [0.05, 0.1) is 21.8 Å². The highest BCUT2D eigenvalue weighted by molar-refractivity contribution is 7.22. The topological polar surface area (TPSA) is 60.2 Å². The molecular formula is C21H20N4OS. The minimum Gasteiger partial charge on any atom is -0.345 e. The number of rotatable bonds is 2. The summed E-state index contributed by atoms with van der Waals surface area (Å²) in [5, 5.41) is 9.92. The Balaban J connectivity index is 1.47. The van der Waals surface area contributed by atoms with Crippen molar-refractivity contribution in [2.45, 2.75) is 13.8 Å². The number of aromatic nitrogens is 1. The average molecular weight is 376 g/mol. The molecule has 0 saturated carbocycles. The van der Waals surface area contributed by atoms with Crippen LogP contribution in [0.2, 0.25) is 0 Å². The summed E-state index contributed by atoms with van der Waals surface area (Å²) in [6.07, 6.45) is 0. The number of anilines is 1. The van der Waals surface area contributed by atoms with E-state index in [9.17, 15) is 4.79 Å². The first-order valence-corrected chi connectivity index (χ1v) is 9.79. The van der Waals surface area contributed by atoms with Crippen molar-refractivity contribution in [2.24, 2.45) is 0 Å². The second kappa shape index (κ2) is 7.01. The van der Waals surface area contributed by atoms with Crippen molar-refractivity contribution < 1.29 is 4.79 Å². The van der Waals surface area contributed by atoms with E-state index in [1.165, 1.54) is 15.8 Å². The summed E-state index contributed by atoms with van der Waals surface area (Å²) >= 11 is 1.74. The summed E-state index contributed by atoms with van der Waals surface area (Å²) < 4.78 is 1.25. The summed E-state index contributed by atoms with van der Waals surface area (Å²) in [7, 11) is 0. The minimum absolute atomic E-state index is 0.0233. The highest BCUT2D eigenvalue weighted by Gasteiger charge is 2.24. The van der Waals surface area contributed by atoms with Crippen LogP contribution in [0.15, 0.2) is 36.4 Å². The number of piperazine rings is 1. The standard InChI is InChI=1S/C21H20N4OS/c1-14-3-4-15(2)19-18(14)23-21(27-19)25-11-9-24(10-12-25)20(26)17-7-5-16(13-22)6-8-17/h3-8H,9-12H2,1-2H3. The van der Waals surface area contributed by atoms with Gasteiger partial charge in [0.1, 0.15) is 0 Å². The molecule has 1 aliphatic heterocycles. The SMILES string of the molecule is Cc1ccc(C)c2sc(N3CCN(C(=O)c4ccc(C#N)cc4)CC3)nc12. The lowest BCUT2D eigenvalue weighted by molar-refractivity contribution is 0.0747. The van der Waals surface area contributed by atoms with Crippen molar-refractivity contribution in [3.05, 3.63) is 58.7 Å². The fourth-order valence-electron chi connectivity index (χ4n) is 3.35. The summed E-state index contributed by atoms with van der Waals surface area (Å²) in [6, 6.07) is 13.2. The predicted octanol–water partition coefficient (Wildman–Crippen LogP) is 3.75. The number of carbonyl (C=O) groups is 1. The maximum atomic E-state index is 12.7. The minimum atomic E-state index is 0.0233. The van der Waals surface area contributed by atoms with Crippen LogP contribution in [0.5, 0.6) is 0 Å². The van der Waals surface area contributed by atoms with E-state index in [1.54, 1.807) is 35.6 Å². The van der Waals surface area contributed by atoms with Gasteiger partial charge in [-0.2, -0.15) is 5.26 Å². The van der Waals surface area contributed by atoms with Gasteiger partial charge in [0.15, 0.2) is 5.13 Å². The molecule has 1 saturated heterocycles. The van der Waals surface area contributed by atoms with Crippen LogP contribution in [0.4, 0.5) is 5.13 Å². The van der Waals surface area contributed by atoms with Gasteiger partial charge in [-0.25, -0.2) is 4.98 Å². The van der Waals surface area contributed by atoms with Crippen LogP contribution in [-0.2, 0) is 0 Å². The number of aryl methyl sites for hydroxylation is 2. The van der Waals surface area contributed by atoms with Gasteiger partial charge in [-0.05, 0) is 49.2 Å². The number of nitriles is 1. The number of nitrogens with zero attached hydrogens (tertiary/aromatic N) is 4. The molecule has 1 fully saturated rings. The van der Waals surface area contributed by atoms with E-state index in [4.69, 9.17) is 10.2 Å². The lowest BCUT2D eigenvalue weighted by Crippen LogP contribution is -2.48. The summed E-state index contributed by atoms with van der Waals surface area (Å²) in [5.41, 5.74) is 4.75. The second-order valence-electron chi connectivity index (χ2n) is 6.84. The Labute approximate surface area is 162 Å². The molecule has 2 aromatic carbocycles. The third-order valence-corrected chi connectivity index (χ3v) is 6.28. The van der Waals surface area contributed by atoms with E-state index < -0.39 is 0 Å². The Morgan fingerprint density at radius 2 is 1.70 bits per heavy atom. The zero-order chi connectivity index (χ0) is 19.0. The van der Waals surface area contributed by atoms with Crippen molar-refractivity contribution in [2.75, 3.05) is 31.1 Å². The van der Waals surface area contributed by atoms with Gasteiger partial charge in [0.25, 0.3) is 5.91 Å². The molecule has 0 atom stereocenters. The van der Waals surface area contributed by atoms with Gasteiger partial charge >= 0.3 is 0 Å². The van der Waals surface area contributed by atoms with Crippen LogP contribution in [0.25, 0.3) is 10.2 Å². The molecular weight excluding hydrogens is 356 g/mol. The van der Waals surface area contributed by atoms with Crippen molar-refractivity contribution in [1.29, 1.82) is 5.26 Å². The molecule has 1 amide bonds. The van der Waals surface area contributed by atoms with Crippen LogP contribution in [0.3, 0.4) is 0 Å². The highest BCUT2D eigenvalue weighted by Crippen LogP contribution is 2.33. The van der Waals surface area contributed by atoms with E-state index >= 15 is 0 Å². The van der Waals surface area contributed by atoms with Crippen molar-refractivity contribution in [3.8, 4) is 6.07 Å². The first-order valence-electron chi connectivity index (χ1n) is 8.98. The summed E-state index contributed by atoms with van der Waals surface area (Å²) in [6.45, 7) is 7.12. The molecule has 5 nitrogen and oxygen atoms in total. The molecule has 0 N–H and O–H groups in total. The monoisotopic (exact) mass is 376 g/mol. The first-order chi connectivity index (χ1) is 13.1. The number of carbonyl (C=O) groups excluding carboxylic acids is 1. The normalized spacial score (nSPS) is 14.4. The van der Waals surface area contributed by atoms with E-state index in [0.29, 0.717) is 24.2 Å². The molecule has 136 valence electrons. The molecule has 0 radical (unpaired) electrons. The Kier molecular flexibility index (Phi) is 4.54. The van der Waals surface area contributed by atoms with Crippen LogP contribution >= 0.6 is 11.3 Å². The zero-order valence-corrected chi connectivity index (χ0v) is 16.2. The number of hydrogen-bond donors (Lipinski definition) is 0. The molecule has 2 heterocycles. The molecule has 27 heavy (non-hydrogen) atoms. The lowest BCUT2D eigenvalue weighted by atomic mass is 10.1. The second-order valence-corrected chi connectivity index (χ2v) is 7.82. The Bertz CT molecular complexity index is 1000. The lowest BCUT2D eigenvalue weighted by Gasteiger charge is -2.34. The quantitative estimate of drug-likeness (QED) is 0.683. The molecule has 4 rings (SSSR count). The Morgan fingerprint density at radius 1 is 1.04 bits per heavy atom. The van der Waals surface area contributed by atoms with Gasteiger partial charge in [-0.1, -0.05) is 23.5 Å². The number of thiazole rings is 1. The van der Waals surface area contributed by atoms with E-state index in [2.05, 4.69) is 36.9 Å². The molecule has 0 bridgehead atoms. The molecule has 6 heteroatoms. The smallest absolute Gasteiger partial charge is 0.253 e. The predicted molar refractivity (Wildman–Crippen MR) is 108 cm³/mol. The molecule has 0 aliphatic carbocycles. The Morgan fingerprint density at radius 3 is 2.33 bits per heavy atom. The van der Waals surface area contributed by atoms with Gasteiger partial charge in [0.2, 0.25) is 0 Å². The Hall–Kier alpha value is -2.91. The zero-order valence-electron chi connectivity index (χ0n) is 15.4. The molecule has 0 spiro atoms. The number of hydrogen-bond acceptors (Lipinski definition) is 5. The van der Waals surface area contributed by atoms with Crippen molar-refractivity contribution >= 4 is 32.6 Å². The van der Waals surface area contributed by atoms with Gasteiger partial charge in [0, 0.05) is 31.7 Å². The van der Waals surface area contributed by atoms with Crippen molar-refractivity contribution in [3.63, 3.8) is 0 Å². The molecule has 1 aliphatic rings. The first kappa shape index (κ1) is 17.5. The van der Waals surface area contributed by atoms with Gasteiger partial charge in [-0.15, -0.1) is 0 Å². The molecule has 3 aromatic rings. The number of amides is 1. The van der Waals surface area contributed by atoms with Crippen LogP contribution in [0.1, 0.15) is 27.0 Å². The largest absolute Gasteiger partial charge is 0.345 e. The third kappa shape index (κ3) is 3.26. The summed E-state index contributed by atoms with van der Waals surface area (Å²) in [5.74, 6) is 0.0233. The van der Waals surface area contributed by atoms with Crippen LogP contribution < -0.4 is 4.90 Å². The highest BCUT2D eigenvalue weighted by atomic mass is 32.1. The van der Waals surface area contributed by atoms with E-state index in [-0.39, 0.29) is 5.91 Å². The maximum absolute atomic E-state index is 12.7. The fraction of sp³-hybridized carbons (Fsp3) is 0.286. The fourth-order valence-corrected chi connectivity index (χ4v) is 4.52.